The largest absolute Gasteiger partial charge is 0.444 e. The first-order valence-corrected chi connectivity index (χ1v) is 13.6. The maximum absolute atomic E-state index is 13.9. The molecule has 1 unspecified atom stereocenters. The number of ether oxygens (including phenoxy) is 1. The lowest BCUT2D eigenvalue weighted by atomic mass is 10.2. The molecule has 1 saturated heterocycles. The molecule has 1 aliphatic heterocycles. The molecule has 1 fully saturated rings. The summed E-state index contributed by atoms with van der Waals surface area (Å²) < 4.78 is 7.04. The van der Waals surface area contributed by atoms with Crippen LogP contribution in [-0.2, 0) is 4.74 Å². The van der Waals surface area contributed by atoms with Crippen LogP contribution in [0.15, 0.2) is 28.8 Å². The normalized spacial score (nSPS) is 15.2. The fraction of sp³-hybridized carbons (Fsp3) is 0.417. The van der Waals surface area contributed by atoms with Crippen LogP contribution < -0.4 is 15.9 Å². The van der Waals surface area contributed by atoms with Crippen molar-refractivity contribution in [2.45, 2.75) is 39.3 Å². The highest BCUT2D eigenvalue weighted by molar-refractivity contribution is 7.16. The number of benzene rings is 1. The quantitative estimate of drug-likeness (QED) is 0.375. The minimum atomic E-state index is -0.596. The Kier molecular flexibility index (Phi) is 7.05. The van der Waals surface area contributed by atoms with Crippen molar-refractivity contribution in [1.82, 2.24) is 29.5 Å². The molecule has 0 bridgehead atoms. The van der Waals surface area contributed by atoms with Crippen LogP contribution in [0.1, 0.15) is 39.6 Å². The summed E-state index contributed by atoms with van der Waals surface area (Å²) in [6, 6.07) is 2.72. The molecule has 4 aromatic rings. The third-order valence-electron chi connectivity index (χ3n) is 5.99. The minimum Gasteiger partial charge on any atom is -0.444 e. The molecule has 38 heavy (non-hydrogen) atoms. The lowest BCUT2D eigenvalue weighted by molar-refractivity contribution is 0.0231. The number of hydrogen-bond acceptors (Lipinski definition) is 10. The van der Waals surface area contributed by atoms with E-state index in [0.29, 0.717) is 53.9 Å². The maximum atomic E-state index is 13.9. The van der Waals surface area contributed by atoms with Crippen molar-refractivity contribution in [3.8, 4) is 0 Å². The van der Waals surface area contributed by atoms with Crippen LogP contribution in [0.2, 0.25) is 10.0 Å². The summed E-state index contributed by atoms with van der Waals surface area (Å²) in [5.41, 5.74) is 1.70. The van der Waals surface area contributed by atoms with Crippen LogP contribution in [0.25, 0.3) is 21.3 Å². The molecule has 1 amide bonds. The number of carbonyl (C=O) groups excluding carboxylic acids is 1. The van der Waals surface area contributed by atoms with Crippen LogP contribution >= 0.6 is 34.5 Å². The van der Waals surface area contributed by atoms with Gasteiger partial charge in [0.15, 0.2) is 11.6 Å². The van der Waals surface area contributed by atoms with E-state index in [-0.39, 0.29) is 22.1 Å². The van der Waals surface area contributed by atoms with Crippen molar-refractivity contribution >= 4 is 67.7 Å². The van der Waals surface area contributed by atoms with Crippen molar-refractivity contribution in [3.05, 3.63) is 50.2 Å². The molecule has 0 spiro atoms. The van der Waals surface area contributed by atoms with E-state index in [2.05, 4.69) is 20.3 Å². The molecule has 3 aromatic heterocycles. The first kappa shape index (κ1) is 26.4. The summed E-state index contributed by atoms with van der Waals surface area (Å²) in [5, 5.41) is 6.00. The zero-order valence-electron chi connectivity index (χ0n) is 21.2. The molecule has 200 valence electrons. The highest BCUT2D eigenvalue weighted by Gasteiger charge is 2.29. The van der Waals surface area contributed by atoms with Gasteiger partial charge in [-0.1, -0.05) is 23.2 Å². The fourth-order valence-electron chi connectivity index (χ4n) is 4.25. The molecule has 4 heterocycles. The zero-order valence-corrected chi connectivity index (χ0v) is 23.6. The molecule has 1 atom stereocenters. The average Bonchev–Trinajstić information content (AvgIpc) is 3.35. The number of thiazole rings is 1. The summed E-state index contributed by atoms with van der Waals surface area (Å²) in [5.74, 6) is 0.941. The van der Waals surface area contributed by atoms with Gasteiger partial charge in [-0.15, -0.1) is 11.3 Å². The van der Waals surface area contributed by atoms with Crippen molar-refractivity contribution in [2.75, 3.05) is 36.5 Å². The Morgan fingerprint density at radius 2 is 1.79 bits per heavy atom. The maximum Gasteiger partial charge on any atom is 0.410 e. The number of nitrogens with zero attached hydrogens (tertiary/aromatic N) is 7. The van der Waals surface area contributed by atoms with E-state index < -0.39 is 11.6 Å². The number of amides is 1. The van der Waals surface area contributed by atoms with Crippen molar-refractivity contribution in [3.63, 3.8) is 0 Å². The smallest absolute Gasteiger partial charge is 0.410 e. The number of halogens is 2. The second kappa shape index (κ2) is 10.2. The van der Waals surface area contributed by atoms with Crippen LogP contribution in [0.5, 0.6) is 0 Å². The summed E-state index contributed by atoms with van der Waals surface area (Å²) in [6.45, 7) is 8.86. The van der Waals surface area contributed by atoms with E-state index in [1.54, 1.807) is 22.5 Å². The summed E-state index contributed by atoms with van der Waals surface area (Å²) in [6.07, 6.45) is 1.07. The Bertz CT molecular complexity index is 1580. The molecule has 1 N–H and O–H groups in total. The third-order valence-corrected chi connectivity index (χ3v) is 7.35. The number of piperazine rings is 1. The van der Waals surface area contributed by atoms with E-state index in [4.69, 9.17) is 32.9 Å². The van der Waals surface area contributed by atoms with Gasteiger partial charge >= 0.3 is 6.09 Å². The average molecular weight is 577 g/mol. The predicted molar refractivity (Wildman–Crippen MR) is 149 cm³/mol. The van der Waals surface area contributed by atoms with Crippen LogP contribution in [0.4, 0.5) is 10.6 Å². The van der Waals surface area contributed by atoms with E-state index in [0.717, 1.165) is 4.83 Å². The van der Waals surface area contributed by atoms with Gasteiger partial charge < -0.3 is 20.0 Å². The highest BCUT2D eigenvalue weighted by atomic mass is 35.5. The second-order valence-corrected chi connectivity index (χ2v) is 11.5. The zero-order chi connectivity index (χ0) is 27.2. The Labute approximate surface area is 232 Å². The summed E-state index contributed by atoms with van der Waals surface area (Å²) >= 11 is 14.3. The molecule has 11 nitrogen and oxygen atoms in total. The van der Waals surface area contributed by atoms with Gasteiger partial charge in [0.25, 0.3) is 5.56 Å². The number of nitrogens with one attached hydrogen (secondary N) is 1. The van der Waals surface area contributed by atoms with E-state index in [9.17, 15) is 9.59 Å². The molecular weight excluding hydrogens is 551 g/mol. The SMILES string of the molecule is CC(Nc1ncnc2scnc12)c1nc2c(Cl)ccc(Cl)c2c(=O)n1N1CCN(C(=O)OC(C)(C)C)CC1. The lowest BCUT2D eigenvalue weighted by Crippen LogP contribution is -2.57. The number of carbonyl (C=O) groups is 1. The number of rotatable bonds is 4. The highest BCUT2D eigenvalue weighted by Crippen LogP contribution is 2.29. The Balaban J connectivity index is 1.53. The third kappa shape index (κ3) is 5.07. The van der Waals surface area contributed by atoms with Crippen molar-refractivity contribution < 1.29 is 9.53 Å². The first-order chi connectivity index (χ1) is 18.0. The molecule has 0 radical (unpaired) electrons. The van der Waals surface area contributed by atoms with Crippen LogP contribution in [-0.4, -0.2) is 67.4 Å². The molecule has 1 aliphatic rings. The van der Waals surface area contributed by atoms with Gasteiger partial charge in [-0.2, -0.15) is 0 Å². The van der Waals surface area contributed by atoms with Gasteiger partial charge in [0.1, 0.15) is 22.3 Å². The van der Waals surface area contributed by atoms with Gasteiger partial charge in [-0.25, -0.2) is 29.4 Å². The van der Waals surface area contributed by atoms with Crippen LogP contribution in [0, 0.1) is 0 Å². The lowest BCUT2D eigenvalue weighted by Gasteiger charge is -2.38. The minimum absolute atomic E-state index is 0.230. The second-order valence-electron chi connectivity index (χ2n) is 9.86. The molecule has 0 saturated carbocycles. The molecule has 0 aliphatic carbocycles. The molecular formula is C24H26Cl2N8O3S. The van der Waals surface area contributed by atoms with Gasteiger partial charge in [0.2, 0.25) is 0 Å². The van der Waals surface area contributed by atoms with E-state index >= 15 is 0 Å². The predicted octanol–water partition coefficient (Wildman–Crippen LogP) is 4.46. The monoisotopic (exact) mass is 576 g/mol. The molecule has 5 rings (SSSR count). The fourth-order valence-corrected chi connectivity index (χ4v) is 5.31. The van der Waals surface area contributed by atoms with Gasteiger partial charge in [0.05, 0.1) is 45.6 Å². The Morgan fingerprint density at radius 1 is 1.08 bits per heavy atom. The van der Waals surface area contributed by atoms with Gasteiger partial charge in [-0.05, 0) is 39.8 Å². The number of aromatic nitrogens is 5. The summed E-state index contributed by atoms with van der Waals surface area (Å²) in [7, 11) is 0. The molecule has 1 aromatic carbocycles. The number of fused-ring (bicyclic) bond motifs is 2. The Hall–Kier alpha value is -3.22. The van der Waals surface area contributed by atoms with Crippen molar-refractivity contribution in [1.29, 1.82) is 0 Å². The van der Waals surface area contributed by atoms with Gasteiger partial charge in [0, 0.05) is 13.1 Å². The number of hydrogen-bond donors (Lipinski definition) is 1. The first-order valence-electron chi connectivity index (χ1n) is 12.0. The standard InChI is InChI=1S/C24H26Cl2N8O3S/c1-13(30-19-18-21(28-11-27-19)38-12-29-18)20-31-17-15(26)6-5-14(25)16(17)22(35)34(20)33-9-7-32(8-10-33)23(36)37-24(2,3)4/h5-6,11-13H,7-10H2,1-4H3,(H,27,28,30). The topological polar surface area (TPSA) is 118 Å². The Morgan fingerprint density at radius 3 is 2.50 bits per heavy atom. The van der Waals surface area contributed by atoms with Crippen molar-refractivity contribution in [2.24, 2.45) is 0 Å². The van der Waals surface area contributed by atoms with Gasteiger partial charge in [-0.3, -0.25) is 4.79 Å². The van der Waals surface area contributed by atoms with E-state index in [1.807, 2.05) is 32.7 Å². The summed E-state index contributed by atoms with van der Waals surface area (Å²) in [4.78, 5) is 46.7. The number of anilines is 1. The van der Waals surface area contributed by atoms with Crippen LogP contribution in [0.3, 0.4) is 0 Å². The van der Waals surface area contributed by atoms with E-state index in [1.165, 1.54) is 22.3 Å². The molecule has 14 heteroatoms.